The van der Waals surface area contributed by atoms with Crippen molar-refractivity contribution in [1.82, 2.24) is 19.8 Å². The van der Waals surface area contributed by atoms with Crippen LogP contribution in [0.3, 0.4) is 0 Å². The number of carbonyl (C=O) groups excluding carboxylic acids is 1. The van der Waals surface area contributed by atoms with E-state index in [0.29, 0.717) is 18.2 Å². The minimum Gasteiger partial charge on any atom is -0.433 e. The molecule has 0 radical (unpaired) electrons. The second kappa shape index (κ2) is 17.9. The molecule has 288 valence electrons. The lowest BCUT2D eigenvalue weighted by molar-refractivity contribution is -0.0553. The van der Waals surface area contributed by atoms with Gasteiger partial charge in [0.1, 0.15) is 25.0 Å². The number of aromatic amines is 1. The van der Waals surface area contributed by atoms with Crippen LogP contribution < -0.4 is 26.9 Å². The number of carbonyl (C=O) groups is 1. The van der Waals surface area contributed by atoms with Crippen LogP contribution in [0, 0.1) is 6.92 Å². The first-order valence-corrected chi connectivity index (χ1v) is 21.0. The minimum absolute atomic E-state index is 0.0953. The van der Waals surface area contributed by atoms with E-state index in [1.807, 2.05) is 54.6 Å². The van der Waals surface area contributed by atoms with Crippen LogP contribution in [0.4, 0.5) is 4.79 Å². The molecule has 6 rings (SSSR count). The van der Waals surface area contributed by atoms with Gasteiger partial charge in [-0.15, -0.1) is 0 Å². The summed E-state index contributed by atoms with van der Waals surface area (Å²) in [5.41, 5.74) is 0.501. The first kappa shape index (κ1) is 39.4. The highest BCUT2D eigenvalue weighted by Crippen LogP contribution is 2.38. The van der Waals surface area contributed by atoms with Crippen LogP contribution in [-0.2, 0) is 25.2 Å². The molecule has 11 nitrogen and oxygen atoms in total. The van der Waals surface area contributed by atoms with Crippen molar-refractivity contribution in [3.8, 4) is 0 Å². The number of nitrogens with one attached hydrogen (secondary N) is 2. The molecule has 2 N–H and O–H groups in total. The molecule has 4 aromatic rings. The third kappa shape index (κ3) is 9.48. The number of nitrogens with zero attached hydrogens (tertiary/aromatic N) is 2. The van der Waals surface area contributed by atoms with Crippen LogP contribution in [0.1, 0.15) is 63.8 Å². The number of piperidine rings is 1. The first-order valence-electron chi connectivity index (χ1n) is 19.1. The fraction of sp³-hybridized carbons (Fsp3) is 0.452. The maximum Gasteiger partial charge on any atom is 0.508 e. The molecular weight excluding hydrogens is 701 g/mol. The number of aryl methyl sites for hydroxylation is 1. The maximum absolute atomic E-state index is 13.4. The van der Waals surface area contributed by atoms with Crippen LogP contribution in [0.5, 0.6) is 0 Å². The molecule has 4 atom stereocenters. The average molecular weight is 755 g/mol. The number of H-pyrrole nitrogens is 1. The molecule has 12 heteroatoms. The summed E-state index contributed by atoms with van der Waals surface area (Å²) in [4.78, 5) is 43.3. The molecule has 1 aromatic heterocycles. The van der Waals surface area contributed by atoms with Gasteiger partial charge in [-0.3, -0.25) is 19.2 Å². The predicted molar refractivity (Wildman–Crippen MR) is 212 cm³/mol. The Labute approximate surface area is 318 Å². The van der Waals surface area contributed by atoms with Crippen molar-refractivity contribution in [2.45, 2.75) is 89.4 Å². The number of rotatable bonds is 14. The quantitative estimate of drug-likeness (QED) is 0.137. The van der Waals surface area contributed by atoms with E-state index in [2.05, 4.69) is 72.4 Å². The van der Waals surface area contributed by atoms with Gasteiger partial charge >= 0.3 is 11.8 Å². The second-order valence-electron chi connectivity index (χ2n) is 15.4. The average Bonchev–Trinajstić information content (AvgIpc) is 3.56. The van der Waals surface area contributed by atoms with Gasteiger partial charge in [0.25, 0.3) is 13.9 Å². The molecule has 2 aliphatic rings. The highest BCUT2D eigenvalue weighted by molar-refractivity contribution is 6.99. The van der Waals surface area contributed by atoms with Crippen LogP contribution in [0.15, 0.2) is 107 Å². The van der Waals surface area contributed by atoms with E-state index in [-0.39, 0.29) is 24.7 Å². The van der Waals surface area contributed by atoms with Crippen molar-refractivity contribution < 1.29 is 23.4 Å². The molecule has 0 bridgehead atoms. The number of aromatic nitrogens is 2. The fourth-order valence-corrected chi connectivity index (χ4v) is 12.4. The van der Waals surface area contributed by atoms with Crippen molar-refractivity contribution in [3.05, 3.63) is 129 Å². The second-order valence-corrected chi connectivity index (χ2v) is 19.7. The Morgan fingerprint density at radius 2 is 1.59 bits per heavy atom. The SMILES string of the molecule is Cc1cn([C@H]2C[C@H](OC(=O)OCCN(Cc3ccccc3)CC3CCCCN3)[C@@H](CO[Si](c3ccccc3)(c3ccccc3)C(C)(C)C)O2)c(=O)[nH]c1=O. The zero-order valence-electron chi connectivity index (χ0n) is 31.9. The smallest absolute Gasteiger partial charge is 0.433 e. The van der Waals surface area contributed by atoms with E-state index < -0.39 is 44.2 Å². The van der Waals surface area contributed by atoms with E-state index in [0.717, 1.165) is 36.4 Å². The molecule has 2 saturated heterocycles. The molecule has 3 heterocycles. The zero-order chi connectivity index (χ0) is 38.1. The van der Waals surface area contributed by atoms with Gasteiger partial charge in [-0.25, -0.2) is 9.59 Å². The van der Waals surface area contributed by atoms with Crippen molar-refractivity contribution in [2.24, 2.45) is 0 Å². The molecule has 3 aromatic carbocycles. The van der Waals surface area contributed by atoms with Gasteiger partial charge in [-0.05, 0) is 47.3 Å². The Bertz CT molecular complexity index is 1870. The van der Waals surface area contributed by atoms with Crippen molar-refractivity contribution in [1.29, 1.82) is 0 Å². The van der Waals surface area contributed by atoms with E-state index in [1.165, 1.54) is 29.2 Å². The van der Waals surface area contributed by atoms with Gasteiger partial charge in [0.15, 0.2) is 0 Å². The van der Waals surface area contributed by atoms with Gasteiger partial charge in [-0.1, -0.05) is 118 Å². The van der Waals surface area contributed by atoms with E-state index in [9.17, 15) is 14.4 Å². The topological polar surface area (TPSA) is 124 Å². The van der Waals surface area contributed by atoms with Gasteiger partial charge in [0.2, 0.25) is 0 Å². The molecule has 1 unspecified atom stereocenters. The van der Waals surface area contributed by atoms with Gasteiger partial charge in [-0.2, -0.15) is 0 Å². The largest absolute Gasteiger partial charge is 0.508 e. The number of ether oxygens (including phenoxy) is 3. The number of benzene rings is 3. The summed E-state index contributed by atoms with van der Waals surface area (Å²) in [7, 11) is -2.98. The van der Waals surface area contributed by atoms with Gasteiger partial charge < -0.3 is 24.0 Å². The molecule has 0 aliphatic carbocycles. The summed E-state index contributed by atoms with van der Waals surface area (Å²) < 4.78 is 26.8. The van der Waals surface area contributed by atoms with Crippen LogP contribution >= 0.6 is 0 Å². The minimum atomic E-state index is -2.98. The lowest BCUT2D eigenvalue weighted by Crippen LogP contribution is -2.67. The van der Waals surface area contributed by atoms with Crippen LogP contribution in [-0.4, -0.2) is 80.0 Å². The highest BCUT2D eigenvalue weighted by atomic mass is 28.4. The standard InChI is InChI=1S/C42H54N4O7Si/c1-31-27-46(40(48)44-39(31)47)38-26-36(53-41(49)50-25-24-45(28-32-16-8-5-9-17-32)29-33-18-14-15-23-43-33)37(52-38)30-51-54(42(2,3)4,34-19-10-6-11-20-34)35-21-12-7-13-22-35/h5-13,16-17,19-22,27,33,36-38,43H,14-15,18,23-26,28-30H2,1-4H3,(H,44,47,48)/t33?,36-,37+,38+/m0/s1. The Hall–Kier alpha value is -4.33. The van der Waals surface area contributed by atoms with E-state index >= 15 is 0 Å². The van der Waals surface area contributed by atoms with Crippen molar-refractivity contribution in [2.75, 3.05) is 32.8 Å². The predicted octanol–water partition coefficient (Wildman–Crippen LogP) is 4.88. The lowest BCUT2D eigenvalue weighted by atomic mass is 10.0. The molecule has 0 spiro atoms. The highest BCUT2D eigenvalue weighted by Gasteiger charge is 2.51. The van der Waals surface area contributed by atoms with Gasteiger partial charge in [0.05, 0.1) is 6.61 Å². The summed E-state index contributed by atoms with van der Waals surface area (Å²) in [5.74, 6) is 0. The Balaban J connectivity index is 1.20. The zero-order valence-corrected chi connectivity index (χ0v) is 32.9. The molecule has 54 heavy (non-hydrogen) atoms. The lowest BCUT2D eigenvalue weighted by Gasteiger charge is -2.43. The number of hydrogen-bond donors (Lipinski definition) is 2. The van der Waals surface area contributed by atoms with E-state index in [4.69, 9.17) is 18.6 Å². The summed E-state index contributed by atoms with van der Waals surface area (Å²) >= 11 is 0. The molecule has 2 aliphatic heterocycles. The Kier molecular flexibility index (Phi) is 13.0. The van der Waals surface area contributed by atoms with Crippen molar-refractivity contribution >= 4 is 24.8 Å². The van der Waals surface area contributed by atoms with Crippen LogP contribution in [0.2, 0.25) is 5.04 Å². The van der Waals surface area contributed by atoms with E-state index in [1.54, 1.807) is 6.92 Å². The summed E-state index contributed by atoms with van der Waals surface area (Å²) in [6.07, 6.45) is 2.04. The molecular formula is C42H54N4O7Si. The summed E-state index contributed by atoms with van der Waals surface area (Å²) in [6.45, 7) is 11.6. The monoisotopic (exact) mass is 754 g/mol. The first-order chi connectivity index (χ1) is 26.0. The Morgan fingerprint density at radius 3 is 2.20 bits per heavy atom. The summed E-state index contributed by atoms with van der Waals surface area (Å²) in [5, 5.41) is 5.54. The molecule has 0 amide bonds. The Morgan fingerprint density at radius 1 is 0.944 bits per heavy atom. The van der Waals surface area contributed by atoms with Gasteiger partial charge in [0, 0.05) is 43.9 Å². The third-order valence-corrected chi connectivity index (χ3v) is 15.5. The molecule has 2 fully saturated rings. The number of hydrogen-bond acceptors (Lipinski definition) is 9. The summed E-state index contributed by atoms with van der Waals surface area (Å²) in [6, 6.07) is 31.2. The molecule has 0 saturated carbocycles. The van der Waals surface area contributed by atoms with Crippen molar-refractivity contribution in [3.63, 3.8) is 0 Å². The third-order valence-electron chi connectivity index (χ3n) is 10.5. The van der Waals surface area contributed by atoms with Crippen LogP contribution in [0.25, 0.3) is 0 Å². The fourth-order valence-electron chi connectivity index (χ4n) is 7.80. The maximum atomic E-state index is 13.4. The normalized spacial score (nSPS) is 20.5.